The number of amides is 1. The van der Waals surface area contributed by atoms with Crippen LogP contribution in [0.15, 0.2) is 47.6 Å². The molecule has 0 unspecified atom stereocenters. The topological polar surface area (TPSA) is 50.7 Å². The van der Waals surface area contributed by atoms with Crippen LogP contribution in [0.3, 0.4) is 0 Å². The van der Waals surface area contributed by atoms with Crippen LogP contribution in [0.2, 0.25) is 5.02 Å². The second kappa shape index (κ2) is 9.05. The van der Waals surface area contributed by atoms with E-state index in [9.17, 15) is 4.79 Å². The predicted octanol–water partition coefficient (Wildman–Crippen LogP) is 5.55. The van der Waals surface area contributed by atoms with Gasteiger partial charge in [-0.25, -0.2) is 5.43 Å². The zero-order valence-electron chi connectivity index (χ0n) is 15.8. The summed E-state index contributed by atoms with van der Waals surface area (Å²) in [6.45, 7) is 1.88. The van der Waals surface area contributed by atoms with E-state index in [0.29, 0.717) is 22.3 Å². The molecule has 0 spiro atoms. The molecular formula is C22H25ClN2O2. The maximum atomic E-state index is 12.4. The molecule has 1 N–H and O–H groups in total. The summed E-state index contributed by atoms with van der Waals surface area (Å²) in [5, 5.41) is 4.71. The van der Waals surface area contributed by atoms with Crippen LogP contribution in [0.4, 0.5) is 0 Å². The van der Waals surface area contributed by atoms with Gasteiger partial charge in [-0.05, 0) is 55.0 Å². The van der Waals surface area contributed by atoms with E-state index in [1.165, 1.54) is 44.8 Å². The van der Waals surface area contributed by atoms with Crippen LogP contribution in [0, 0.1) is 0 Å². The number of methoxy groups -OCH3 is 1. The standard InChI is InChI=1S/C22H25ClN2O2/c1-15(16-8-10-18(11-9-16)17-6-4-3-5-7-17)24-25-22(26)20-14-19(23)12-13-21(20)27-2/h8-14,17H,3-7H2,1-2H3,(H,25,26). The van der Waals surface area contributed by atoms with Gasteiger partial charge in [0.2, 0.25) is 0 Å². The highest BCUT2D eigenvalue weighted by molar-refractivity contribution is 6.31. The Labute approximate surface area is 165 Å². The Morgan fingerprint density at radius 1 is 1.11 bits per heavy atom. The predicted molar refractivity (Wildman–Crippen MR) is 110 cm³/mol. The average Bonchev–Trinajstić information content (AvgIpc) is 2.72. The number of rotatable bonds is 5. The molecular weight excluding hydrogens is 360 g/mol. The minimum Gasteiger partial charge on any atom is -0.496 e. The molecule has 0 bridgehead atoms. The second-order valence-electron chi connectivity index (χ2n) is 6.94. The normalized spacial score (nSPS) is 15.4. The highest BCUT2D eigenvalue weighted by Crippen LogP contribution is 2.32. The van der Waals surface area contributed by atoms with Gasteiger partial charge >= 0.3 is 0 Å². The Kier molecular flexibility index (Phi) is 6.51. The van der Waals surface area contributed by atoms with Crippen molar-refractivity contribution in [3.05, 3.63) is 64.2 Å². The number of nitrogens with one attached hydrogen (secondary N) is 1. The van der Waals surface area contributed by atoms with E-state index < -0.39 is 0 Å². The van der Waals surface area contributed by atoms with Crippen molar-refractivity contribution in [2.75, 3.05) is 7.11 Å². The molecule has 1 fully saturated rings. The van der Waals surface area contributed by atoms with Crippen molar-refractivity contribution in [2.45, 2.75) is 44.9 Å². The van der Waals surface area contributed by atoms with Crippen molar-refractivity contribution in [2.24, 2.45) is 5.10 Å². The maximum absolute atomic E-state index is 12.4. The summed E-state index contributed by atoms with van der Waals surface area (Å²) in [6.07, 6.45) is 6.57. The van der Waals surface area contributed by atoms with Crippen molar-refractivity contribution in [1.82, 2.24) is 5.43 Å². The Morgan fingerprint density at radius 3 is 2.48 bits per heavy atom. The zero-order chi connectivity index (χ0) is 19.2. The summed E-state index contributed by atoms with van der Waals surface area (Å²) in [4.78, 5) is 12.4. The number of ether oxygens (including phenoxy) is 1. The van der Waals surface area contributed by atoms with E-state index in [0.717, 1.165) is 11.3 Å². The summed E-state index contributed by atoms with van der Waals surface area (Å²) in [7, 11) is 1.52. The van der Waals surface area contributed by atoms with E-state index in [2.05, 4.69) is 34.8 Å². The molecule has 1 aliphatic carbocycles. The Bertz CT molecular complexity index is 825. The van der Waals surface area contributed by atoms with Crippen LogP contribution in [-0.4, -0.2) is 18.7 Å². The number of halogens is 1. The lowest BCUT2D eigenvalue weighted by molar-refractivity contribution is 0.0952. The summed E-state index contributed by atoms with van der Waals surface area (Å²) in [6, 6.07) is 13.4. The third kappa shape index (κ3) is 4.89. The second-order valence-corrected chi connectivity index (χ2v) is 7.38. The minimum absolute atomic E-state index is 0.354. The van der Waals surface area contributed by atoms with Gasteiger partial charge in [-0.1, -0.05) is 55.1 Å². The lowest BCUT2D eigenvalue weighted by Crippen LogP contribution is -2.20. The fraction of sp³-hybridized carbons (Fsp3) is 0.364. The van der Waals surface area contributed by atoms with Crippen molar-refractivity contribution in [3.8, 4) is 5.75 Å². The first-order chi connectivity index (χ1) is 13.1. The number of hydrazone groups is 1. The molecule has 1 saturated carbocycles. The molecule has 27 heavy (non-hydrogen) atoms. The number of hydrogen-bond donors (Lipinski definition) is 1. The molecule has 0 aliphatic heterocycles. The van der Waals surface area contributed by atoms with Crippen LogP contribution < -0.4 is 10.2 Å². The van der Waals surface area contributed by atoms with Crippen LogP contribution in [0.1, 0.15) is 66.4 Å². The Hall–Kier alpha value is -2.33. The van der Waals surface area contributed by atoms with Crippen LogP contribution in [0.5, 0.6) is 5.75 Å². The van der Waals surface area contributed by atoms with Gasteiger partial charge in [-0.15, -0.1) is 0 Å². The van der Waals surface area contributed by atoms with Crippen LogP contribution in [-0.2, 0) is 0 Å². The molecule has 5 heteroatoms. The zero-order valence-corrected chi connectivity index (χ0v) is 16.6. The summed E-state index contributed by atoms with van der Waals surface area (Å²) < 4.78 is 5.22. The quantitative estimate of drug-likeness (QED) is 0.542. The highest BCUT2D eigenvalue weighted by atomic mass is 35.5. The molecule has 4 nitrogen and oxygen atoms in total. The first-order valence-corrected chi connectivity index (χ1v) is 9.75. The SMILES string of the molecule is COc1ccc(Cl)cc1C(=O)NN=C(C)c1ccc(C2CCCCC2)cc1. The number of carbonyl (C=O) groups excluding carboxylic acids is 1. The van der Waals surface area contributed by atoms with Crippen molar-refractivity contribution >= 4 is 23.2 Å². The minimum atomic E-state index is -0.354. The number of carbonyl (C=O) groups is 1. The van der Waals surface area contributed by atoms with Crippen LogP contribution >= 0.6 is 11.6 Å². The van der Waals surface area contributed by atoms with E-state index in [1.54, 1.807) is 18.2 Å². The van der Waals surface area contributed by atoms with Gasteiger partial charge < -0.3 is 4.74 Å². The molecule has 142 valence electrons. The van der Waals surface area contributed by atoms with E-state index >= 15 is 0 Å². The fourth-order valence-electron chi connectivity index (χ4n) is 3.55. The average molecular weight is 385 g/mol. The molecule has 2 aromatic carbocycles. The van der Waals surface area contributed by atoms with E-state index in [4.69, 9.17) is 16.3 Å². The van der Waals surface area contributed by atoms with Crippen molar-refractivity contribution < 1.29 is 9.53 Å². The van der Waals surface area contributed by atoms with Gasteiger partial charge in [0.25, 0.3) is 5.91 Å². The van der Waals surface area contributed by atoms with Gasteiger partial charge in [-0.2, -0.15) is 5.10 Å². The van der Waals surface area contributed by atoms with Crippen molar-refractivity contribution in [1.29, 1.82) is 0 Å². The van der Waals surface area contributed by atoms with Crippen LogP contribution in [0.25, 0.3) is 0 Å². The van der Waals surface area contributed by atoms with E-state index in [-0.39, 0.29) is 5.91 Å². The van der Waals surface area contributed by atoms with E-state index in [1.807, 2.05) is 6.92 Å². The molecule has 1 aliphatic rings. The van der Waals surface area contributed by atoms with Crippen molar-refractivity contribution in [3.63, 3.8) is 0 Å². The molecule has 3 rings (SSSR count). The number of nitrogens with zero attached hydrogens (tertiary/aromatic N) is 1. The monoisotopic (exact) mass is 384 g/mol. The highest BCUT2D eigenvalue weighted by Gasteiger charge is 2.16. The largest absolute Gasteiger partial charge is 0.496 e. The van der Waals surface area contributed by atoms with Gasteiger partial charge in [0.05, 0.1) is 18.4 Å². The number of hydrogen-bond acceptors (Lipinski definition) is 3. The fourth-order valence-corrected chi connectivity index (χ4v) is 3.72. The van der Waals surface area contributed by atoms with Gasteiger partial charge in [0.1, 0.15) is 5.75 Å². The smallest absolute Gasteiger partial charge is 0.275 e. The summed E-state index contributed by atoms with van der Waals surface area (Å²) in [5.41, 5.74) is 6.09. The molecule has 2 aromatic rings. The molecule has 1 amide bonds. The van der Waals surface area contributed by atoms with Gasteiger partial charge in [0.15, 0.2) is 0 Å². The Balaban J connectivity index is 1.68. The summed E-state index contributed by atoms with van der Waals surface area (Å²) >= 11 is 5.98. The molecule has 0 saturated heterocycles. The molecule has 0 heterocycles. The maximum Gasteiger partial charge on any atom is 0.275 e. The first kappa shape index (κ1) is 19.4. The summed E-state index contributed by atoms with van der Waals surface area (Å²) in [5.74, 6) is 0.786. The third-order valence-electron chi connectivity index (χ3n) is 5.14. The Morgan fingerprint density at radius 2 is 1.81 bits per heavy atom. The third-order valence-corrected chi connectivity index (χ3v) is 5.37. The van der Waals surface area contributed by atoms with Gasteiger partial charge in [-0.3, -0.25) is 4.79 Å². The molecule has 0 atom stereocenters. The lowest BCUT2D eigenvalue weighted by atomic mass is 9.84. The molecule has 0 aromatic heterocycles. The first-order valence-electron chi connectivity index (χ1n) is 9.37. The molecule has 0 radical (unpaired) electrons. The number of benzene rings is 2. The lowest BCUT2D eigenvalue weighted by Gasteiger charge is -2.22. The van der Waals surface area contributed by atoms with Gasteiger partial charge in [0, 0.05) is 5.02 Å².